The first kappa shape index (κ1) is 58.3. The van der Waals surface area contributed by atoms with E-state index in [4.69, 9.17) is 0 Å². The Labute approximate surface area is 461 Å². The Kier molecular flexibility index (Phi) is 18.1. The van der Waals surface area contributed by atoms with Crippen LogP contribution in [0.5, 0.6) is 0 Å². The molecular weight excluding hydrogens is 1060 g/mol. The van der Waals surface area contributed by atoms with Gasteiger partial charge in [-0.3, -0.25) is 54.8 Å². The molecule has 4 aliphatic rings. The van der Waals surface area contributed by atoms with E-state index in [1.807, 2.05) is 26.0 Å². The van der Waals surface area contributed by atoms with Gasteiger partial charge in [-0.25, -0.2) is 8.42 Å². The Balaban J connectivity index is 0.000000250. The number of benzene rings is 5. The number of nitrogens with zero attached hydrogens (tertiary/aromatic N) is 6. The number of carbonyl (C=O) groups is 3. The van der Waals surface area contributed by atoms with Crippen LogP contribution in [0.2, 0.25) is 0 Å². The number of hydrogen-bond acceptors (Lipinski definition) is 14. The maximum absolute atomic E-state index is 13.6. The van der Waals surface area contributed by atoms with Crippen LogP contribution >= 0.6 is 12.4 Å². The number of hydrogen-bond donors (Lipinski definition) is 1. The molecule has 2 spiro atoms. The molecule has 0 bridgehead atoms. The zero-order valence-electron chi connectivity index (χ0n) is 43.1. The van der Waals surface area contributed by atoms with Crippen LogP contribution < -0.4 is 5.32 Å². The predicted octanol–water partition coefficient (Wildman–Crippen LogP) is 10.6. The van der Waals surface area contributed by atoms with E-state index in [-0.39, 0.29) is 62.9 Å². The minimum Gasteiger partial charge on any atom is -0.339 e. The molecule has 0 aromatic heterocycles. The van der Waals surface area contributed by atoms with Crippen molar-refractivity contribution in [3.8, 4) is 0 Å². The van der Waals surface area contributed by atoms with Crippen LogP contribution in [0.25, 0.3) is 24.3 Å². The second kappa shape index (κ2) is 24.5. The highest BCUT2D eigenvalue weighted by Crippen LogP contribution is 2.57. The molecule has 0 radical (unpaired) electrons. The van der Waals surface area contributed by atoms with Crippen molar-refractivity contribution in [3.63, 3.8) is 0 Å². The number of nitrogens with one attached hydrogen (secondary N) is 1. The average Bonchev–Trinajstić information content (AvgIpc) is 3.59. The number of rotatable bonds is 15. The van der Waals surface area contributed by atoms with Gasteiger partial charge >= 0.3 is 0 Å². The van der Waals surface area contributed by atoms with E-state index < -0.39 is 35.1 Å². The molecule has 2 aliphatic heterocycles. The van der Waals surface area contributed by atoms with E-state index in [0.29, 0.717) is 90.8 Å². The molecule has 4 fully saturated rings. The van der Waals surface area contributed by atoms with Gasteiger partial charge < -0.3 is 10.2 Å². The third-order valence-electron chi connectivity index (χ3n) is 14.7. The summed E-state index contributed by atoms with van der Waals surface area (Å²) in [6.07, 6.45) is 10.9. The van der Waals surface area contributed by atoms with Crippen LogP contribution in [0.4, 0.5) is 22.7 Å². The second-order valence-corrected chi connectivity index (χ2v) is 21.4. The van der Waals surface area contributed by atoms with E-state index in [1.54, 1.807) is 65.6 Å². The van der Waals surface area contributed by atoms with Gasteiger partial charge in [-0.15, -0.1) is 12.4 Å². The van der Waals surface area contributed by atoms with Crippen LogP contribution in [0.1, 0.15) is 85.0 Å². The minimum atomic E-state index is -3.69. The first-order valence-electron chi connectivity index (χ1n) is 25.4. The predicted molar refractivity (Wildman–Crippen MR) is 299 cm³/mol. The Morgan fingerprint density at radius 1 is 0.532 bits per heavy atom. The highest BCUT2D eigenvalue weighted by molar-refractivity contribution is 7.89. The quantitative estimate of drug-likeness (QED) is 0.0580. The van der Waals surface area contributed by atoms with Crippen molar-refractivity contribution < 1.29 is 42.5 Å². The number of piperidine rings is 2. The largest absolute Gasteiger partial charge is 0.339 e. The molecule has 1 amide bonds. The van der Waals surface area contributed by atoms with Gasteiger partial charge in [-0.05, 0) is 171 Å². The van der Waals surface area contributed by atoms with Gasteiger partial charge in [0.25, 0.3) is 28.7 Å². The summed E-state index contributed by atoms with van der Waals surface area (Å²) >= 11 is 0. The van der Waals surface area contributed by atoms with Crippen LogP contribution in [0.3, 0.4) is 0 Å². The van der Waals surface area contributed by atoms with Gasteiger partial charge in [0.2, 0.25) is 10.0 Å². The first-order chi connectivity index (χ1) is 37.3. The van der Waals surface area contributed by atoms with Crippen LogP contribution in [-0.4, -0.2) is 94.1 Å². The molecule has 22 heteroatoms. The number of nitro benzene ring substituents is 4. The molecule has 20 nitrogen and oxygen atoms in total. The molecule has 2 saturated heterocycles. The molecule has 0 unspecified atom stereocenters. The van der Waals surface area contributed by atoms with Gasteiger partial charge in [-0.1, -0.05) is 13.8 Å². The topological polar surface area (TPSA) is 276 Å². The standard InChI is InChI=1S/C35H36N4O8S.C22H19N3O5.ClH/c1-3-19-37(20-4-2)48(46,47)30-15-9-27(10-16-30)34(41)36-21-17-35(18-22-36)31(23-25-5-11-28(12-6-25)38(42)43)33(40)32(35)24-26-7-13-29(14-8-26)39(44)45;26-21-19(13-15-1-5-17(6-2-15)24(27)28)22(9-11-23-12-10-22)20(21)14-16-3-7-18(8-4-16)25(29)30;/h5-16,23-24H,3-4,17-22H2,1-2H3;1-8,13-14,23H,9-12H2;1H/b31-23-,32-24-;19-13-,20-14-;. The second-order valence-electron chi connectivity index (χ2n) is 19.4. The number of Topliss-reactive ketones (excluding diaryl/α,β-unsaturated/α-hetero) is 2. The summed E-state index contributed by atoms with van der Waals surface area (Å²) in [5.41, 5.74) is 4.42. The lowest BCUT2D eigenvalue weighted by Gasteiger charge is -2.50. The maximum Gasteiger partial charge on any atom is 0.269 e. The molecule has 5 aromatic rings. The third kappa shape index (κ3) is 12.2. The molecule has 5 aromatic carbocycles. The monoisotopic (exact) mass is 1110 g/mol. The number of ketones is 2. The lowest BCUT2D eigenvalue weighted by Crippen LogP contribution is -2.52. The van der Waals surface area contributed by atoms with E-state index >= 15 is 0 Å². The first-order valence-corrected chi connectivity index (χ1v) is 26.8. The average molecular weight is 1110 g/mol. The van der Waals surface area contributed by atoms with Crippen molar-refractivity contribution >= 4 is 87.0 Å². The summed E-state index contributed by atoms with van der Waals surface area (Å²) in [4.78, 5) is 84.1. The van der Waals surface area contributed by atoms with Crippen molar-refractivity contribution in [2.75, 3.05) is 39.3 Å². The van der Waals surface area contributed by atoms with Crippen LogP contribution in [-0.2, 0) is 19.6 Å². The fourth-order valence-corrected chi connectivity index (χ4v) is 12.2. The number of halogens is 1. The lowest BCUT2D eigenvalue weighted by molar-refractivity contribution is -0.385. The normalized spacial score (nSPS) is 18.4. The minimum absolute atomic E-state index is 0. The number of non-ortho nitro benzene ring substituents is 4. The van der Waals surface area contributed by atoms with Gasteiger partial charge in [0.1, 0.15) is 0 Å². The number of nitro groups is 4. The fraction of sp³-hybridized carbons (Fsp3) is 0.281. The molecule has 79 heavy (non-hydrogen) atoms. The summed E-state index contributed by atoms with van der Waals surface area (Å²) in [7, 11) is -3.69. The van der Waals surface area contributed by atoms with Gasteiger partial charge in [0.15, 0.2) is 11.6 Å². The number of allylic oxidation sites excluding steroid dienone is 4. The number of carbonyl (C=O) groups excluding carboxylic acids is 3. The summed E-state index contributed by atoms with van der Waals surface area (Å²) in [6, 6.07) is 30.1. The van der Waals surface area contributed by atoms with Gasteiger partial charge in [0.05, 0.1) is 24.6 Å². The smallest absolute Gasteiger partial charge is 0.269 e. The van der Waals surface area contributed by atoms with Crippen molar-refractivity contribution in [2.45, 2.75) is 57.3 Å². The van der Waals surface area contributed by atoms with Gasteiger partial charge in [-0.2, -0.15) is 4.31 Å². The van der Waals surface area contributed by atoms with Crippen molar-refractivity contribution in [1.82, 2.24) is 14.5 Å². The fourth-order valence-electron chi connectivity index (χ4n) is 10.5. The van der Waals surface area contributed by atoms with Gasteiger partial charge in [0, 0.05) is 113 Å². The zero-order chi connectivity index (χ0) is 55.9. The maximum atomic E-state index is 13.6. The van der Waals surface area contributed by atoms with E-state index in [2.05, 4.69) is 5.32 Å². The van der Waals surface area contributed by atoms with E-state index in [9.17, 15) is 63.3 Å². The number of likely N-dealkylation sites (tertiary alicyclic amines) is 1. The SMILES string of the molecule is CCCN(CCC)S(=O)(=O)c1ccc(C(=O)N2CCC3(CC2)/C(=C\c2ccc([N+](=O)[O-])cc2)C(=O)/C3=C/c2ccc([N+](=O)[O-])cc2)cc1.Cl.O=C1/C(=C/c2ccc([N+](=O)[O-])cc2)C2(CCNCC2)/C1=C\c1ccc([N+](=O)[O-])cc1. The summed E-state index contributed by atoms with van der Waals surface area (Å²) in [5, 5.41) is 47.3. The Bertz CT molecular complexity index is 3260. The summed E-state index contributed by atoms with van der Waals surface area (Å²) < 4.78 is 27.8. The van der Waals surface area contributed by atoms with Crippen molar-refractivity contribution in [2.24, 2.45) is 10.8 Å². The summed E-state index contributed by atoms with van der Waals surface area (Å²) in [5.74, 6) is -0.489. The lowest BCUT2D eigenvalue weighted by atomic mass is 9.54. The molecule has 2 aliphatic carbocycles. The highest BCUT2D eigenvalue weighted by Gasteiger charge is 2.55. The molecular formula is C57H56ClN7O13S. The highest BCUT2D eigenvalue weighted by atomic mass is 35.5. The number of sulfonamides is 1. The molecule has 0 atom stereocenters. The zero-order valence-corrected chi connectivity index (χ0v) is 44.8. The molecule has 2 saturated carbocycles. The van der Waals surface area contributed by atoms with Crippen molar-refractivity contribution in [1.29, 1.82) is 0 Å². The molecule has 410 valence electrons. The number of amides is 1. The Morgan fingerprint density at radius 3 is 1.13 bits per heavy atom. The van der Waals surface area contributed by atoms with E-state index in [0.717, 1.165) is 37.1 Å². The van der Waals surface area contributed by atoms with Crippen molar-refractivity contribution in [3.05, 3.63) is 212 Å². The molecule has 1 N–H and O–H groups in total. The van der Waals surface area contributed by atoms with Crippen LogP contribution in [0, 0.1) is 51.3 Å². The molecule has 2 heterocycles. The van der Waals surface area contributed by atoms with Crippen LogP contribution in [0.15, 0.2) is 149 Å². The summed E-state index contributed by atoms with van der Waals surface area (Å²) in [6.45, 7) is 6.87. The third-order valence-corrected chi connectivity index (χ3v) is 16.7. The molecule has 9 rings (SSSR count). The Morgan fingerprint density at radius 2 is 0.835 bits per heavy atom. The Hall–Kier alpha value is -8.37. The van der Waals surface area contributed by atoms with E-state index in [1.165, 1.54) is 77.1 Å².